The van der Waals surface area contributed by atoms with Crippen molar-refractivity contribution in [3.63, 3.8) is 0 Å². The highest BCUT2D eigenvalue weighted by molar-refractivity contribution is 7.85. The number of nitrogens with one attached hydrogen (secondary N) is 1. The molecule has 1 aromatic carbocycles. The zero-order valence-corrected chi connectivity index (χ0v) is 14.0. The fourth-order valence-corrected chi connectivity index (χ4v) is 3.66. The van der Waals surface area contributed by atoms with Gasteiger partial charge in [-0.05, 0) is 30.5 Å². The van der Waals surface area contributed by atoms with Gasteiger partial charge < -0.3 is 5.32 Å². The minimum absolute atomic E-state index is 0.216. The van der Waals surface area contributed by atoms with E-state index in [1.807, 2.05) is 0 Å². The number of aryl methyl sites for hydroxylation is 1. The normalized spacial score (nSPS) is 14.2. The van der Waals surface area contributed by atoms with Gasteiger partial charge in [-0.3, -0.25) is 4.21 Å². The summed E-state index contributed by atoms with van der Waals surface area (Å²) in [5, 5.41) is 3.46. The Morgan fingerprint density at radius 3 is 2.35 bits per heavy atom. The molecule has 0 spiro atoms. The lowest BCUT2D eigenvalue weighted by atomic mass is 10.1. The zero-order valence-electron chi connectivity index (χ0n) is 13.2. The summed E-state index contributed by atoms with van der Waals surface area (Å²) in [6.45, 7) is 7.36. The van der Waals surface area contributed by atoms with Gasteiger partial charge in [0, 0.05) is 28.3 Å². The highest BCUT2D eigenvalue weighted by Gasteiger charge is 2.13. The van der Waals surface area contributed by atoms with Crippen molar-refractivity contribution < 1.29 is 4.21 Å². The maximum Gasteiger partial charge on any atom is 0.0436 e. The van der Waals surface area contributed by atoms with Gasteiger partial charge in [0.1, 0.15) is 0 Å². The second-order valence-corrected chi connectivity index (χ2v) is 6.84. The molecule has 1 aromatic rings. The van der Waals surface area contributed by atoms with Crippen LogP contribution in [-0.2, 0) is 17.2 Å². The molecular formula is C17H29NOS. The molecule has 114 valence electrons. The molecule has 1 rings (SSSR count). The molecule has 0 amide bonds. The quantitative estimate of drug-likeness (QED) is 0.665. The Morgan fingerprint density at radius 2 is 1.80 bits per heavy atom. The van der Waals surface area contributed by atoms with E-state index in [0.717, 1.165) is 30.9 Å². The lowest BCUT2D eigenvalue weighted by Crippen LogP contribution is -2.26. The van der Waals surface area contributed by atoms with E-state index < -0.39 is 10.8 Å². The Hall–Kier alpha value is -0.670. The van der Waals surface area contributed by atoms with E-state index in [2.05, 4.69) is 50.4 Å². The Labute approximate surface area is 126 Å². The summed E-state index contributed by atoms with van der Waals surface area (Å²) < 4.78 is 12.2. The van der Waals surface area contributed by atoms with Crippen molar-refractivity contribution in [3.8, 4) is 0 Å². The van der Waals surface area contributed by atoms with Crippen molar-refractivity contribution in [2.45, 2.75) is 52.5 Å². The van der Waals surface area contributed by atoms with Gasteiger partial charge in [0.25, 0.3) is 0 Å². The molecule has 0 fully saturated rings. The molecule has 0 radical (unpaired) electrons. The minimum atomic E-state index is -0.723. The third-order valence-electron chi connectivity index (χ3n) is 3.57. The SMILES string of the molecule is CCCCCS(=O)CC(NCC)c1ccc(CC)cc1. The average molecular weight is 295 g/mol. The van der Waals surface area contributed by atoms with Crippen LogP contribution in [0.25, 0.3) is 0 Å². The molecule has 0 bridgehead atoms. The fraction of sp³-hybridized carbons (Fsp3) is 0.647. The van der Waals surface area contributed by atoms with Crippen molar-refractivity contribution in [1.29, 1.82) is 0 Å². The monoisotopic (exact) mass is 295 g/mol. The van der Waals surface area contributed by atoms with Crippen molar-refractivity contribution in [3.05, 3.63) is 35.4 Å². The standard InChI is InChI=1S/C17H29NOS/c1-4-7-8-13-20(19)14-17(18-6-3)16-11-9-15(5-2)10-12-16/h9-12,17-18H,4-8,13-14H2,1-3H3. The Kier molecular flexibility index (Phi) is 8.79. The maximum absolute atomic E-state index is 12.2. The molecule has 0 saturated carbocycles. The van der Waals surface area contributed by atoms with Crippen molar-refractivity contribution in [2.75, 3.05) is 18.1 Å². The van der Waals surface area contributed by atoms with E-state index in [-0.39, 0.29) is 6.04 Å². The fourth-order valence-electron chi connectivity index (χ4n) is 2.29. The molecule has 3 heteroatoms. The van der Waals surface area contributed by atoms with Crippen LogP contribution in [0.5, 0.6) is 0 Å². The summed E-state index contributed by atoms with van der Waals surface area (Å²) in [6, 6.07) is 8.93. The summed E-state index contributed by atoms with van der Waals surface area (Å²) >= 11 is 0. The molecule has 0 aliphatic carbocycles. The van der Waals surface area contributed by atoms with Gasteiger partial charge in [-0.1, -0.05) is 57.9 Å². The third kappa shape index (κ3) is 6.19. The van der Waals surface area contributed by atoms with Gasteiger partial charge >= 0.3 is 0 Å². The van der Waals surface area contributed by atoms with E-state index in [9.17, 15) is 4.21 Å². The Bertz CT molecular complexity index is 388. The summed E-state index contributed by atoms with van der Waals surface area (Å²) in [7, 11) is -0.723. The minimum Gasteiger partial charge on any atom is -0.309 e. The number of unbranched alkanes of at least 4 members (excludes halogenated alkanes) is 2. The Balaban J connectivity index is 2.60. The van der Waals surface area contributed by atoms with Crippen LogP contribution in [-0.4, -0.2) is 22.3 Å². The lowest BCUT2D eigenvalue weighted by Gasteiger charge is -2.18. The topological polar surface area (TPSA) is 29.1 Å². The van der Waals surface area contributed by atoms with Crippen molar-refractivity contribution in [2.24, 2.45) is 0 Å². The van der Waals surface area contributed by atoms with Crippen LogP contribution < -0.4 is 5.32 Å². The molecule has 20 heavy (non-hydrogen) atoms. The van der Waals surface area contributed by atoms with E-state index in [1.165, 1.54) is 24.0 Å². The van der Waals surface area contributed by atoms with Gasteiger partial charge in [-0.25, -0.2) is 0 Å². The van der Waals surface area contributed by atoms with Crippen LogP contribution >= 0.6 is 0 Å². The summed E-state index contributed by atoms with van der Waals surface area (Å²) in [5.74, 6) is 1.56. The third-order valence-corrected chi connectivity index (χ3v) is 5.02. The molecule has 0 aromatic heterocycles. The summed E-state index contributed by atoms with van der Waals surface area (Å²) in [4.78, 5) is 0. The van der Waals surface area contributed by atoms with Gasteiger partial charge in [0.2, 0.25) is 0 Å². The predicted molar refractivity (Wildman–Crippen MR) is 89.6 cm³/mol. The van der Waals surface area contributed by atoms with Crippen LogP contribution in [0.3, 0.4) is 0 Å². The molecule has 2 nitrogen and oxygen atoms in total. The average Bonchev–Trinajstić information content (AvgIpc) is 2.47. The van der Waals surface area contributed by atoms with Gasteiger partial charge in [-0.2, -0.15) is 0 Å². The summed E-state index contributed by atoms with van der Waals surface area (Å²) in [5.41, 5.74) is 2.61. The van der Waals surface area contributed by atoms with Crippen LogP contribution in [0.1, 0.15) is 57.2 Å². The van der Waals surface area contributed by atoms with Crippen LogP contribution in [0.4, 0.5) is 0 Å². The van der Waals surface area contributed by atoms with Crippen LogP contribution in [0, 0.1) is 0 Å². The molecular weight excluding hydrogens is 266 g/mol. The first-order chi connectivity index (χ1) is 9.71. The lowest BCUT2D eigenvalue weighted by molar-refractivity contribution is 0.593. The molecule has 1 N–H and O–H groups in total. The number of rotatable bonds is 10. The van der Waals surface area contributed by atoms with Crippen molar-refractivity contribution >= 4 is 10.8 Å². The van der Waals surface area contributed by atoms with E-state index in [4.69, 9.17) is 0 Å². The van der Waals surface area contributed by atoms with E-state index in [1.54, 1.807) is 0 Å². The molecule has 0 heterocycles. The van der Waals surface area contributed by atoms with Crippen molar-refractivity contribution in [1.82, 2.24) is 5.32 Å². The van der Waals surface area contributed by atoms with E-state index >= 15 is 0 Å². The first-order valence-electron chi connectivity index (χ1n) is 7.88. The van der Waals surface area contributed by atoms with Crippen LogP contribution in [0.2, 0.25) is 0 Å². The van der Waals surface area contributed by atoms with Gasteiger partial charge in [0.05, 0.1) is 0 Å². The van der Waals surface area contributed by atoms with Gasteiger partial charge in [0.15, 0.2) is 0 Å². The number of hydrogen-bond donors (Lipinski definition) is 1. The highest BCUT2D eigenvalue weighted by Crippen LogP contribution is 2.16. The number of hydrogen-bond acceptors (Lipinski definition) is 2. The first kappa shape index (κ1) is 17.4. The molecule has 2 atom stereocenters. The zero-order chi connectivity index (χ0) is 14.8. The predicted octanol–water partition coefficient (Wildman–Crippen LogP) is 3.84. The summed E-state index contributed by atoms with van der Waals surface area (Å²) in [6.07, 6.45) is 4.51. The maximum atomic E-state index is 12.2. The smallest absolute Gasteiger partial charge is 0.0436 e. The largest absolute Gasteiger partial charge is 0.309 e. The molecule has 2 unspecified atom stereocenters. The van der Waals surface area contributed by atoms with E-state index in [0.29, 0.717) is 0 Å². The second-order valence-electron chi connectivity index (χ2n) is 5.22. The molecule has 0 aliphatic heterocycles. The first-order valence-corrected chi connectivity index (χ1v) is 9.37. The molecule has 0 saturated heterocycles. The Morgan fingerprint density at radius 1 is 1.10 bits per heavy atom. The van der Waals surface area contributed by atoms with Gasteiger partial charge in [-0.15, -0.1) is 0 Å². The number of benzene rings is 1. The van der Waals surface area contributed by atoms with Crippen LogP contribution in [0.15, 0.2) is 24.3 Å². The molecule has 0 aliphatic rings. The highest BCUT2D eigenvalue weighted by atomic mass is 32.2. The second kappa shape index (κ2) is 10.1.